The summed E-state index contributed by atoms with van der Waals surface area (Å²) in [5, 5.41) is 9.06. The Morgan fingerprint density at radius 2 is 2.07 bits per heavy atom. The van der Waals surface area contributed by atoms with Gasteiger partial charge in [-0.3, -0.25) is 5.43 Å². The number of unbranched alkanes of at least 4 members (excludes halogenated alkanes) is 2. The Morgan fingerprint density at radius 3 is 2.82 bits per heavy atom. The van der Waals surface area contributed by atoms with Gasteiger partial charge in [-0.15, -0.1) is 0 Å². The zero-order chi connectivity index (χ0) is 19.6. The van der Waals surface area contributed by atoms with E-state index in [9.17, 15) is 0 Å². The smallest absolute Gasteiger partial charge is 0.186 e. The minimum atomic E-state index is 0.548. The Bertz CT molecular complexity index is 772. The largest absolute Gasteiger partial charge is 0.378 e. The minimum Gasteiger partial charge on any atom is -0.378 e. The monoisotopic (exact) mass is 417 g/mol. The number of benzene rings is 1. The number of ether oxygens (including phenoxy) is 1. The molecule has 1 aliphatic heterocycles. The van der Waals surface area contributed by atoms with Crippen molar-refractivity contribution in [3.05, 3.63) is 35.2 Å². The first kappa shape index (κ1) is 20.7. The van der Waals surface area contributed by atoms with E-state index in [0.717, 1.165) is 60.5 Å². The van der Waals surface area contributed by atoms with Gasteiger partial charge in [-0.2, -0.15) is 5.10 Å². The predicted octanol–water partition coefficient (Wildman–Crippen LogP) is 3.63. The molecule has 0 saturated carbocycles. The first-order valence-electron chi connectivity index (χ1n) is 9.73. The van der Waals surface area contributed by atoms with Gasteiger partial charge in [-0.05, 0) is 18.6 Å². The second kappa shape index (κ2) is 11.1. The molecular formula is C20H27N5OS2. The summed E-state index contributed by atoms with van der Waals surface area (Å²) in [6.07, 6.45) is 5.31. The Balaban J connectivity index is 1.69. The van der Waals surface area contributed by atoms with Crippen LogP contribution in [0, 0.1) is 0 Å². The molecule has 8 heteroatoms. The first-order chi connectivity index (χ1) is 13.8. The zero-order valence-electron chi connectivity index (χ0n) is 16.2. The third-order valence-corrected chi connectivity index (χ3v) is 5.67. The fourth-order valence-electron chi connectivity index (χ4n) is 2.87. The van der Waals surface area contributed by atoms with Gasteiger partial charge in [-0.1, -0.05) is 61.4 Å². The van der Waals surface area contributed by atoms with Gasteiger partial charge in [0.1, 0.15) is 0 Å². The molecule has 0 radical (unpaired) electrons. The number of hydrazone groups is 1. The summed E-state index contributed by atoms with van der Waals surface area (Å²) in [5.74, 6) is 0. The second-order valence-electron chi connectivity index (χ2n) is 6.51. The molecular weight excluding hydrogens is 390 g/mol. The van der Waals surface area contributed by atoms with Crippen LogP contribution in [0.4, 0.5) is 5.13 Å². The van der Waals surface area contributed by atoms with Crippen molar-refractivity contribution in [2.75, 3.05) is 37.7 Å². The van der Waals surface area contributed by atoms with Crippen LogP contribution in [0.25, 0.3) is 11.3 Å². The standard InChI is InChI=1S/C20H27N5OS2/c1-2-3-7-10-21-19(27)24-22-15-17-18(16-8-5-4-6-9-16)23-20(28-17)25-11-13-26-14-12-25/h4-6,8-9,15H,2-3,7,10-14H2,1H3,(H2,21,24,27)/b22-15-. The number of aromatic nitrogens is 1. The Morgan fingerprint density at radius 1 is 1.29 bits per heavy atom. The SMILES string of the molecule is CCCCCNC(=S)N/N=C\c1sc(N2CCOCC2)nc1-c1ccccc1. The summed E-state index contributed by atoms with van der Waals surface area (Å²) in [7, 11) is 0. The van der Waals surface area contributed by atoms with Crippen LogP contribution >= 0.6 is 23.6 Å². The van der Waals surface area contributed by atoms with E-state index in [0.29, 0.717) is 5.11 Å². The van der Waals surface area contributed by atoms with Crippen molar-refractivity contribution in [3.8, 4) is 11.3 Å². The van der Waals surface area contributed by atoms with E-state index >= 15 is 0 Å². The average molecular weight is 418 g/mol. The number of nitrogens with one attached hydrogen (secondary N) is 2. The lowest BCUT2D eigenvalue weighted by atomic mass is 10.1. The van der Waals surface area contributed by atoms with Gasteiger partial charge in [0.15, 0.2) is 10.2 Å². The highest BCUT2D eigenvalue weighted by molar-refractivity contribution is 7.80. The van der Waals surface area contributed by atoms with Crippen molar-refractivity contribution in [1.29, 1.82) is 0 Å². The highest BCUT2D eigenvalue weighted by Gasteiger charge is 2.18. The van der Waals surface area contributed by atoms with Gasteiger partial charge in [-0.25, -0.2) is 4.98 Å². The van der Waals surface area contributed by atoms with Crippen molar-refractivity contribution in [2.45, 2.75) is 26.2 Å². The molecule has 2 heterocycles. The molecule has 1 aliphatic rings. The number of anilines is 1. The number of hydrogen-bond acceptors (Lipinski definition) is 6. The minimum absolute atomic E-state index is 0.548. The molecule has 1 aromatic heterocycles. The van der Waals surface area contributed by atoms with Crippen LogP contribution in [0.2, 0.25) is 0 Å². The molecule has 1 fully saturated rings. The van der Waals surface area contributed by atoms with Crippen LogP contribution in [0.15, 0.2) is 35.4 Å². The molecule has 0 bridgehead atoms. The van der Waals surface area contributed by atoms with E-state index in [4.69, 9.17) is 21.9 Å². The summed E-state index contributed by atoms with van der Waals surface area (Å²) >= 11 is 6.93. The molecule has 0 unspecified atom stereocenters. The van der Waals surface area contributed by atoms with E-state index in [2.05, 4.69) is 39.8 Å². The van der Waals surface area contributed by atoms with Crippen LogP contribution in [0.3, 0.4) is 0 Å². The van der Waals surface area contributed by atoms with Crippen molar-refractivity contribution < 1.29 is 4.74 Å². The molecule has 6 nitrogen and oxygen atoms in total. The second-order valence-corrected chi connectivity index (χ2v) is 7.93. The summed E-state index contributed by atoms with van der Waals surface area (Å²) in [6, 6.07) is 10.2. The predicted molar refractivity (Wildman–Crippen MR) is 121 cm³/mol. The molecule has 28 heavy (non-hydrogen) atoms. The number of rotatable bonds is 8. The topological polar surface area (TPSA) is 61.8 Å². The van der Waals surface area contributed by atoms with Crippen molar-refractivity contribution in [1.82, 2.24) is 15.7 Å². The summed E-state index contributed by atoms with van der Waals surface area (Å²) in [6.45, 7) is 6.26. The number of thiocarbonyl (C=S) groups is 1. The fourth-order valence-corrected chi connectivity index (χ4v) is 4.03. The molecule has 0 amide bonds. The van der Waals surface area contributed by atoms with Crippen LogP contribution in [-0.4, -0.2) is 49.2 Å². The van der Waals surface area contributed by atoms with Crippen LogP contribution in [-0.2, 0) is 4.74 Å². The lowest BCUT2D eigenvalue weighted by Gasteiger charge is -2.26. The fraction of sp³-hybridized carbons (Fsp3) is 0.450. The van der Waals surface area contributed by atoms with Crippen molar-refractivity contribution in [3.63, 3.8) is 0 Å². The molecule has 150 valence electrons. The van der Waals surface area contributed by atoms with E-state index in [-0.39, 0.29) is 0 Å². The average Bonchev–Trinajstić information content (AvgIpc) is 3.17. The van der Waals surface area contributed by atoms with E-state index in [1.54, 1.807) is 11.3 Å². The van der Waals surface area contributed by atoms with Gasteiger partial charge in [0.05, 0.1) is 30.0 Å². The third-order valence-electron chi connectivity index (χ3n) is 4.38. The van der Waals surface area contributed by atoms with Crippen LogP contribution in [0.5, 0.6) is 0 Å². The van der Waals surface area contributed by atoms with E-state index in [1.807, 2.05) is 24.4 Å². The Kier molecular flexibility index (Phi) is 8.20. The number of nitrogens with zero attached hydrogens (tertiary/aromatic N) is 3. The quantitative estimate of drug-likeness (QED) is 0.296. The maximum Gasteiger partial charge on any atom is 0.186 e. The summed E-state index contributed by atoms with van der Waals surface area (Å²) < 4.78 is 5.46. The lowest BCUT2D eigenvalue weighted by molar-refractivity contribution is 0.122. The van der Waals surface area contributed by atoms with E-state index in [1.165, 1.54) is 12.8 Å². The van der Waals surface area contributed by atoms with Crippen LogP contribution < -0.4 is 15.6 Å². The first-order valence-corrected chi connectivity index (χ1v) is 11.0. The molecule has 0 spiro atoms. The van der Waals surface area contributed by atoms with Crippen molar-refractivity contribution in [2.24, 2.45) is 5.10 Å². The maximum absolute atomic E-state index is 5.46. The normalized spacial score (nSPS) is 14.4. The maximum atomic E-state index is 5.46. The third kappa shape index (κ3) is 5.98. The van der Waals surface area contributed by atoms with Gasteiger partial charge in [0.2, 0.25) is 0 Å². The van der Waals surface area contributed by atoms with Crippen LogP contribution in [0.1, 0.15) is 31.1 Å². The molecule has 0 atom stereocenters. The molecule has 1 aromatic carbocycles. The number of morpholine rings is 1. The molecule has 0 aliphatic carbocycles. The van der Waals surface area contributed by atoms with Gasteiger partial charge >= 0.3 is 0 Å². The van der Waals surface area contributed by atoms with E-state index < -0.39 is 0 Å². The molecule has 3 rings (SSSR count). The molecule has 2 aromatic rings. The van der Waals surface area contributed by atoms with Gasteiger partial charge in [0, 0.05) is 25.2 Å². The highest BCUT2D eigenvalue weighted by atomic mass is 32.1. The van der Waals surface area contributed by atoms with Gasteiger partial charge < -0.3 is 15.0 Å². The Labute approximate surface area is 176 Å². The lowest BCUT2D eigenvalue weighted by Crippen LogP contribution is -2.36. The summed E-state index contributed by atoms with van der Waals surface area (Å²) in [4.78, 5) is 8.17. The molecule has 1 saturated heterocycles. The zero-order valence-corrected chi connectivity index (χ0v) is 17.8. The highest BCUT2D eigenvalue weighted by Crippen LogP contribution is 2.32. The number of thiazole rings is 1. The van der Waals surface area contributed by atoms with Crippen molar-refractivity contribution >= 4 is 40.0 Å². The molecule has 2 N–H and O–H groups in total. The summed E-state index contributed by atoms with van der Waals surface area (Å²) in [5.41, 5.74) is 4.94. The van der Waals surface area contributed by atoms with Gasteiger partial charge in [0.25, 0.3) is 0 Å². The number of hydrogen-bond donors (Lipinski definition) is 2. The Hall–Kier alpha value is -2.03.